The van der Waals surface area contributed by atoms with Crippen LogP contribution in [0.15, 0.2) is 11.4 Å². The van der Waals surface area contributed by atoms with E-state index in [1.807, 2.05) is 0 Å². The Hall–Kier alpha value is -0.630. The molecule has 1 heterocycles. The van der Waals surface area contributed by atoms with Crippen molar-refractivity contribution in [1.82, 2.24) is 0 Å². The zero-order chi connectivity index (χ0) is 19.6. The normalized spacial score (nSPS) is 12.4. The van der Waals surface area contributed by atoms with Crippen LogP contribution in [0.4, 0.5) is 0 Å². The highest BCUT2D eigenvalue weighted by molar-refractivity contribution is 7.11. The van der Waals surface area contributed by atoms with Crippen molar-refractivity contribution >= 4 is 17.6 Å². The monoisotopic (exact) mass is 392 g/mol. The van der Waals surface area contributed by atoms with E-state index in [4.69, 9.17) is 0 Å². The molecule has 1 atom stereocenters. The van der Waals surface area contributed by atoms with Crippen LogP contribution in [0.5, 0.6) is 0 Å². The molecule has 1 unspecified atom stereocenters. The van der Waals surface area contributed by atoms with Crippen molar-refractivity contribution in [1.29, 1.82) is 0 Å². The lowest BCUT2D eigenvalue weighted by atomic mass is 9.89. The standard InChI is InChI=1S/C25H44OS/c1-3-5-7-9-11-12-14-16-18-23(17-15-13-10-8-6-4-2)21-24-19-20-27-25(24)22-26/h19-20,22-23H,3-18,21H2,1-2H3. The molecule has 1 nitrogen and oxygen atoms in total. The van der Waals surface area contributed by atoms with Gasteiger partial charge in [-0.15, -0.1) is 11.3 Å². The van der Waals surface area contributed by atoms with E-state index in [1.165, 1.54) is 108 Å². The summed E-state index contributed by atoms with van der Waals surface area (Å²) in [4.78, 5) is 12.2. The van der Waals surface area contributed by atoms with E-state index < -0.39 is 0 Å². The zero-order valence-electron chi connectivity index (χ0n) is 18.1. The molecule has 27 heavy (non-hydrogen) atoms. The van der Waals surface area contributed by atoms with Crippen LogP contribution in [-0.2, 0) is 6.42 Å². The van der Waals surface area contributed by atoms with Crippen molar-refractivity contribution in [3.05, 3.63) is 21.9 Å². The smallest absolute Gasteiger partial charge is 0.160 e. The first-order chi connectivity index (χ1) is 13.3. The summed E-state index contributed by atoms with van der Waals surface area (Å²) in [5.41, 5.74) is 1.30. The maximum Gasteiger partial charge on any atom is 0.160 e. The van der Waals surface area contributed by atoms with Crippen molar-refractivity contribution in [2.24, 2.45) is 5.92 Å². The summed E-state index contributed by atoms with van der Waals surface area (Å²) < 4.78 is 0. The first-order valence-corrected chi connectivity index (χ1v) is 12.7. The molecule has 0 bridgehead atoms. The van der Waals surface area contributed by atoms with Crippen LogP contribution in [0.3, 0.4) is 0 Å². The van der Waals surface area contributed by atoms with Gasteiger partial charge in [0.25, 0.3) is 0 Å². The van der Waals surface area contributed by atoms with Crippen LogP contribution in [-0.4, -0.2) is 6.29 Å². The molecule has 0 radical (unpaired) electrons. The predicted molar refractivity (Wildman–Crippen MR) is 122 cm³/mol. The van der Waals surface area contributed by atoms with Crippen LogP contribution in [0.2, 0.25) is 0 Å². The lowest BCUT2D eigenvalue weighted by Gasteiger charge is -2.17. The van der Waals surface area contributed by atoms with Crippen LogP contribution < -0.4 is 0 Å². The zero-order valence-corrected chi connectivity index (χ0v) is 19.0. The van der Waals surface area contributed by atoms with Crippen molar-refractivity contribution in [2.45, 2.75) is 123 Å². The van der Waals surface area contributed by atoms with Gasteiger partial charge in [0, 0.05) is 0 Å². The number of aldehydes is 1. The van der Waals surface area contributed by atoms with Gasteiger partial charge in [-0.25, -0.2) is 0 Å². The summed E-state index contributed by atoms with van der Waals surface area (Å²) in [6.45, 7) is 4.57. The highest BCUT2D eigenvalue weighted by atomic mass is 32.1. The third kappa shape index (κ3) is 12.4. The summed E-state index contributed by atoms with van der Waals surface area (Å²) in [5, 5.41) is 2.08. The number of rotatable bonds is 19. The Morgan fingerprint density at radius 2 is 1.26 bits per heavy atom. The summed E-state index contributed by atoms with van der Waals surface area (Å²) in [7, 11) is 0. The van der Waals surface area contributed by atoms with Gasteiger partial charge in [-0.1, -0.05) is 117 Å². The van der Waals surface area contributed by atoms with Gasteiger partial charge >= 0.3 is 0 Å². The minimum atomic E-state index is 0.768. The molecule has 1 aromatic heterocycles. The molecule has 1 aromatic rings. The quantitative estimate of drug-likeness (QED) is 0.169. The summed E-state index contributed by atoms with van der Waals surface area (Å²) in [5.74, 6) is 0.768. The molecule has 0 aromatic carbocycles. The van der Waals surface area contributed by atoms with Gasteiger partial charge in [-0.3, -0.25) is 4.79 Å². The fourth-order valence-electron chi connectivity index (χ4n) is 4.06. The third-order valence-corrected chi connectivity index (χ3v) is 6.71. The molecule has 1 rings (SSSR count). The Bertz CT molecular complexity index is 451. The SMILES string of the molecule is CCCCCCCCCCC(CCCCCCCC)Cc1ccsc1C=O. The number of hydrogen-bond acceptors (Lipinski definition) is 2. The second kappa shape index (κ2) is 17.5. The Morgan fingerprint density at radius 1 is 0.778 bits per heavy atom. The first-order valence-electron chi connectivity index (χ1n) is 11.8. The number of carbonyl (C=O) groups excluding carboxylic acids is 1. The van der Waals surface area contributed by atoms with Crippen molar-refractivity contribution in [2.75, 3.05) is 0 Å². The second-order valence-electron chi connectivity index (χ2n) is 8.32. The third-order valence-electron chi connectivity index (χ3n) is 5.83. The van der Waals surface area contributed by atoms with Gasteiger partial charge in [-0.2, -0.15) is 0 Å². The second-order valence-corrected chi connectivity index (χ2v) is 9.27. The maximum absolute atomic E-state index is 11.2. The maximum atomic E-state index is 11.2. The van der Waals surface area contributed by atoms with E-state index in [0.717, 1.165) is 23.5 Å². The molecule has 0 amide bonds. The van der Waals surface area contributed by atoms with Crippen molar-refractivity contribution in [3.8, 4) is 0 Å². The topological polar surface area (TPSA) is 17.1 Å². The molecule has 2 heteroatoms. The molecule has 0 fully saturated rings. The molecular weight excluding hydrogens is 348 g/mol. The molecule has 0 saturated carbocycles. The van der Waals surface area contributed by atoms with Gasteiger partial charge in [0.2, 0.25) is 0 Å². The number of hydrogen-bond donors (Lipinski definition) is 0. The fraction of sp³-hybridized carbons (Fsp3) is 0.800. The van der Waals surface area contributed by atoms with E-state index in [1.54, 1.807) is 11.3 Å². The minimum Gasteiger partial charge on any atom is -0.297 e. The first kappa shape index (κ1) is 24.4. The lowest BCUT2D eigenvalue weighted by Crippen LogP contribution is -2.06. The Labute approximate surface area is 173 Å². The molecule has 0 spiro atoms. The van der Waals surface area contributed by atoms with E-state index in [9.17, 15) is 4.79 Å². The van der Waals surface area contributed by atoms with Gasteiger partial charge in [0.15, 0.2) is 6.29 Å². The average Bonchev–Trinajstić information content (AvgIpc) is 3.13. The Balaban J connectivity index is 2.28. The van der Waals surface area contributed by atoms with Crippen molar-refractivity contribution in [3.63, 3.8) is 0 Å². The summed E-state index contributed by atoms with van der Waals surface area (Å²) >= 11 is 1.60. The average molecular weight is 393 g/mol. The van der Waals surface area contributed by atoms with Crippen LogP contribution in [0, 0.1) is 5.92 Å². The highest BCUT2D eigenvalue weighted by Crippen LogP contribution is 2.26. The Morgan fingerprint density at radius 3 is 1.74 bits per heavy atom. The number of thiophene rings is 1. The molecule has 0 aliphatic rings. The fourth-order valence-corrected chi connectivity index (χ4v) is 4.80. The predicted octanol–water partition coefficient (Wildman–Crippen LogP) is 9.00. The van der Waals surface area contributed by atoms with Gasteiger partial charge in [0.05, 0.1) is 4.88 Å². The van der Waals surface area contributed by atoms with Crippen LogP contribution in [0.25, 0.3) is 0 Å². The van der Waals surface area contributed by atoms with E-state index in [-0.39, 0.29) is 0 Å². The summed E-state index contributed by atoms with van der Waals surface area (Å²) in [6.07, 6.45) is 24.3. The van der Waals surface area contributed by atoms with E-state index >= 15 is 0 Å². The van der Waals surface area contributed by atoms with Crippen LogP contribution >= 0.6 is 11.3 Å². The lowest BCUT2D eigenvalue weighted by molar-refractivity contribution is 0.112. The number of carbonyl (C=O) groups is 1. The van der Waals surface area contributed by atoms with Gasteiger partial charge in [-0.05, 0) is 29.3 Å². The summed E-state index contributed by atoms with van der Waals surface area (Å²) in [6, 6.07) is 2.18. The minimum absolute atomic E-state index is 0.768. The largest absolute Gasteiger partial charge is 0.297 e. The highest BCUT2D eigenvalue weighted by Gasteiger charge is 2.13. The molecule has 0 aliphatic heterocycles. The van der Waals surface area contributed by atoms with Gasteiger partial charge in [0.1, 0.15) is 0 Å². The molecular formula is C25H44OS. The molecule has 156 valence electrons. The van der Waals surface area contributed by atoms with E-state index in [0.29, 0.717) is 0 Å². The van der Waals surface area contributed by atoms with Crippen LogP contribution in [0.1, 0.15) is 132 Å². The number of unbranched alkanes of at least 4 members (excludes halogenated alkanes) is 12. The van der Waals surface area contributed by atoms with E-state index in [2.05, 4.69) is 25.3 Å². The van der Waals surface area contributed by atoms with Gasteiger partial charge < -0.3 is 0 Å². The molecule has 0 aliphatic carbocycles. The van der Waals surface area contributed by atoms with Crippen molar-refractivity contribution < 1.29 is 4.79 Å². The Kier molecular flexibility index (Phi) is 15.8. The molecule has 0 N–H and O–H groups in total. The molecule has 0 saturated heterocycles.